The first-order valence-electron chi connectivity index (χ1n) is 9.39. The Morgan fingerprint density at radius 2 is 1.88 bits per heavy atom. The smallest absolute Gasteiger partial charge is 0.254 e. The topological polar surface area (TPSA) is 68.1 Å². The van der Waals surface area contributed by atoms with Crippen molar-refractivity contribution in [3.05, 3.63) is 35.4 Å². The molecule has 6 nitrogen and oxygen atoms in total. The Hall–Kier alpha value is -1.44. The van der Waals surface area contributed by atoms with Crippen molar-refractivity contribution in [1.29, 1.82) is 0 Å². The van der Waals surface area contributed by atoms with Crippen LogP contribution >= 0.6 is 0 Å². The quantitative estimate of drug-likeness (QED) is 0.788. The largest absolute Gasteiger partial charge is 0.374 e. The number of piperazine rings is 1. The summed E-state index contributed by atoms with van der Waals surface area (Å²) >= 11 is 0. The predicted molar refractivity (Wildman–Crippen MR) is 100 cm³/mol. The molecule has 0 aromatic heterocycles. The minimum atomic E-state index is -2.84. The van der Waals surface area contributed by atoms with Gasteiger partial charge in [0.15, 0.2) is 9.84 Å². The number of rotatable bonds is 5. The molecule has 2 saturated heterocycles. The van der Waals surface area contributed by atoms with Gasteiger partial charge in [0, 0.05) is 12.0 Å². The van der Waals surface area contributed by atoms with Crippen LogP contribution in [0, 0.1) is 0 Å². The summed E-state index contributed by atoms with van der Waals surface area (Å²) in [4.78, 5) is 15.9. The van der Waals surface area contributed by atoms with Crippen LogP contribution in [0.2, 0.25) is 0 Å². The Kier molecular flexibility index (Phi) is 5.99. The second-order valence-corrected chi connectivity index (χ2v) is 9.84. The second kappa shape index (κ2) is 8.06. The van der Waals surface area contributed by atoms with Crippen LogP contribution in [-0.2, 0) is 21.2 Å². The van der Waals surface area contributed by atoms with Gasteiger partial charge in [0.2, 0.25) is 0 Å². The van der Waals surface area contributed by atoms with E-state index in [9.17, 15) is 13.2 Å². The Bertz CT molecular complexity index is 722. The standard InChI is InChI=1S/C19H28N2O4S/c1-15(2)25-13-16-3-5-17(6-4-16)19(22)21-10-8-20(9-11-21)18-7-12-26(23,24)14-18/h3-6,15,18H,7-14H2,1-2H3/p+1/t18-/m0/s1. The molecule has 7 heteroatoms. The number of sulfone groups is 1. The number of nitrogens with zero attached hydrogens (tertiary/aromatic N) is 1. The molecule has 1 aromatic rings. The van der Waals surface area contributed by atoms with E-state index in [0.29, 0.717) is 36.8 Å². The van der Waals surface area contributed by atoms with Gasteiger partial charge in [0.25, 0.3) is 5.91 Å². The van der Waals surface area contributed by atoms with E-state index in [1.807, 2.05) is 43.0 Å². The van der Waals surface area contributed by atoms with E-state index in [-0.39, 0.29) is 18.1 Å². The monoisotopic (exact) mass is 381 g/mol. The van der Waals surface area contributed by atoms with Gasteiger partial charge in [-0.05, 0) is 31.5 Å². The SMILES string of the molecule is CC(C)OCc1ccc(C(=O)N2CC[NH+]([C@H]3CCS(=O)(=O)C3)CC2)cc1. The van der Waals surface area contributed by atoms with Gasteiger partial charge in [-0.25, -0.2) is 8.42 Å². The third-order valence-electron chi connectivity index (χ3n) is 5.29. The van der Waals surface area contributed by atoms with Crippen molar-refractivity contribution in [3.63, 3.8) is 0 Å². The average Bonchev–Trinajstić information content (AvgIpc) is 3.00. The summed E-state index contributed by atoms with van der Waals surface area (Å²) in [6.07, 6.45) is 0.941. The van der Waals surface area contributed by atoms with Crippen LogP contribution in [-0.4, -0.2) is 69.1 Å². The van der Waals surface area contributed by atoms with E-state index >= 15 is 0 Å². The average molecular weight is 382 g/mol. The fraction of sp³-hybridized carbons (Fsp3) is 0.632. The summed E-state index contributed by atoms with van der Waals surface area (Å²) in [6.45, 7) is 7.57. The molecule has 0 aliphatic carbocycles. The summed E-state index contributed by atoms with van der Waals surface area (Å²) < 4.78 is 28.9. The number of amides is 1. The Morgan fingerprint density at radius 1 is 1.23 bits per heavy atom. The van der Waals surface area contributed by atoms with E-state index in [1.165, 1.54) is 4.90 Å². The summed E-state index contributed by atoms with van der Waals surface area (Å²) in [5, 5.41) is 0. The zero-order chi connectivity index (χ0) is 18.7. The number of carbonyl (C=O) groups is 1. The maximum Gasteiger partial charge on any atom is 0.254 e. The first-order valence-corrected chi connectivity index (χ1v) is 11.2. The maximum absolute atomic E-state index is 12.7. The molecule has 3 rings (SSSR count). The number of ether oxygens (including phenoxy) is 1. The molecule has 1 amide bonds. The molecule has 0 unspecified atom stereocenters. The highest BCUT2D eigenvalue weighted by atomic mass is 32.2. The zero-order valence-corrected chi connectivity index (χ0v) is 16.4. The molecule has 2 fully saturated rings. The van der Waals surface area contributed by atoms with E-state index in [0.717, 1.165) is 25.1 Å². The Morgan fingerprint density at radius 3 is 2.42 bits per heavy atom. The van der Waals surface area contributed by atoms with Crippen LogP contribution < -0.4 is 4.90 Å². The Labute approximate surface area is 156 Å². The number of benzene rings is 1. The number of nitrogens with one attached hydrogen (secondary N) is 1. The van der Waals surface area contributed by atoms with Gasteiger partial charge in [0.1, 0.15) is 11.8 Å². The van der Waals surface area contributed by atoms with Gasteiger partial charge < -0.3 is 14.5 Å². The molecule has 0 bridgehead atoms. The fourth-order valence-electron chi connectivity index (χ4n) is 3.71. The van der Waals surface area contributed by atoms with Gasteiger partial charge >= 0.3 is 0 Å². The summed E-state index contributed by atoms with van der Waals surface area (Å²) in [7, 11) is -2.84. The lowest BCUT2D eigenvalue weighted by Gasteiger charge is -2.35. The van der Waals surface area contributed by atoms with Crippen LogP contribution in [0.4, 0.5) is 0 Å². The summed E-state index contributed by atoms with van der Waals surface area (Å²) in [5.74, 6) is 0.673. The van der Waals surface area contributed by atoms with Crippen LogP contribution in [0.25, 0.3) is 0 Å². The van der Waals surface area contributed by atoms with Crippen LogP contribution in [0.15, 0.2) is 24.3 Å². The number of quaternary nitrogens is 1. The van der Waals surface area contributed by atoms with E-state index in [2.05, 4.69) is 0 Å². The normalized spacial score (nSPS) is 23.5. The highest BCUT2D eigenvalue weighted by molar-refractivity contribution is 7.91. The fourth-order valence-corrected chi connectivity index (χ4v) is 5.54. The van der Waals surface area contributed by atoms with Gasteiger partial charge in [-0.3, -0.25) is 4.79 Å². The summed E-state index contributed by atoms with van der Waals surface area (Å²) in [6, 6.07) is 7.83. The molecule has 0 saturated carbocycles. The van der Waals surface area contributed by atoms with E-state index in [1.54, 1.807) is 0 Å². The molecular weight excluding hydrogens is 352 g/mol. The van der Waals surface area contributed by atoms with Crippen LogP contribution in [0.3, 0.4) is 0 Å². The lowest BCUT2D eigenvalue weighted by Crippen LogP contribution is -3.18. The molecule has 0 radical (unpaired) electrons. The van der Waals surface area contributed by atoms with E-state index < -0.39 is 9.84 Å². The van der Waals surface area contributed by atoms with Crippen molar-refractivity contribution in [1.82, 2.24) is 4.90 Å². The van der Waals surface area contributed by atoms with E-state index in [4.69, 9.17) is 4.74 Å². The van der Waals surface area contributed by atoms with Crippen molar-refractivity contribution in [2.24, 2.45) is 0 Å². The number of hydrogen-bond donors (Lipinski definition) is 1. The van der Waals surface area contributed by atoms with Crippen LogP contribution in [0.5, 0.6) is 0 Å². The third kappa shape index (κ3) is 4.84. The van der Waals surface area contributed by atoms with Crippen molar-refractivity contribution >= 4 is 15.7 Å². The lowest BCUT2D eigenvalue weighted by atomic mass is 10.1. The molecule has 1 N–H and O–H groups in total. The van der Waals surface area contributed by atoms with Crippen molar-refractivity contribution in [2.45, 2.75) is 39.0 Å². The third-order valence-corrected chi connectivity index (χ3v) is 7.05. The van der Waals surface area contributed by atoms with Crippen LogP contribution in [0.1, 0.15) is 36.2 Å². The molecule has 2 aliphatic rings. The summed E-state index contributed by atoms with van der Waals surface area (Å²) in [5.41, 5.74) is 1.76. The highest BCUT2D eigenvalue weighted by Gasteiger charge is 2.37. The molecule has 1 aromatic carbocycles. The molecule has 2 heterocycles. The molecule has 144 valence electrons. The molecule has 1 atom stereocenters. The minimum Gasteiger partial charge on any atom is -0.374 e. The first-order chi connectivity index (χ1) is 12.3. The van der Waals surface area contributed by atoms with Crippen molar-refractivity contribution < 1.29 is 22.8 Å². The van der Waals surface area contributed by atoms with Gasteiger partial charge in [-0.1, -0.05) is 12.1 Å². The molecule has 26 heavy (non-hydrogen) atoms. The molecular formula is C19H29N2O4S+. The van der Waals surface area contributed by atoms with Crippen molar-refractivity contribution in [3.8, 4) is 0 Å². The highest BCUT2D eigenvalue weighted by Crippen LogP contribution is 2.12. The molecule has 0 spiro atoms. The zero-order valence-electron chi connectivity index (χ0n) is 15.6. The maximum atomic E-state index is 12.7. The molecule has 2 aliphatic heterocycles. The van der Waals surface area contributed by atoms with Gasteiger partial charge in [-0.15, -0.1) is 0 Å². The minimum absolute atomic E-state index is 0.0550. The Balaban J connectivity index is 1.52. The number of hydrogen-bond acceptors (Lipinski definition) is 4. The lowest BCUT2D eigenvalue weighted by molar-refractivity contribution is -0.925. The second-order valence-electron chi connectivity index (χ2n) is 7.61. The van der Waals surface area contributed by atoms with Gasteiger partial charge in [-0.2, -0.15) is 0 Å². The predicted octanol–water partition coefficient (Wildman–Crippen LogP) is 0.139. The first kappa shape index (κ1) is 19.3. The van der Waals surface area contributed by atoms with Crippen molar-refractivity contribution in [2.75, 3.05) is 37.7 Å². The van der Waals surface area contributed by atoms with Gasteiger partial charge in [0.05, 0.1) is 44.6 Å². The number of carbonyl (C=O) groups excluding carboxylic acids is 1.